The summed E-state index contributed by atoms with van der Waals surface area (Å²) in [4.78, 5) is 12.5. The molecule has 5 nitrogen and oxygen atoms in total. The van der Waals surface area contributed by atoms with Gasteiger partial charge >= 0.3 is 0 Å². The Hall–Kier alpha value is -1.27. The molecule has 0 bridgehead atoms. The molecule has 0 aliphatic carbocycles. The predicted octanol–water partition coefficient (Wildman–Crippen LogP) is 2.31. The summed E-state index contributed by atoms with van der Waals surface area (Å²) in [6.45, 7) is 5.40. The van der Waals surface area contributed by atoms with E-state index in [4.69, 9.17) is 10.5 Å². The third kappa shape index (κ3) is 4.72. The van der Waals surface area contributed by atoms with E-state index in [1.807, 2.05) is 13.0 Å². The van der Waals surface area contributed by atoms with Crippen LogP contribution < -0.4 is 16.4 Å². The molecule has 0 saturated heterocycles. The first-order valence-corrected chi connectivity index (χ1v) is 7.36. The van der Waals surface area contributed by atoms with Gasteiger partial charge in [0.25, 0.3) is 5.91 Å². The number of nitrogen functional groups attached to an aromatic ring is 1. The lowest BCUT2D eigenvalue weighted by atomic mass is 10.2. The van der Waals surface area contributed by atoms with Crippen molar-refractivity contribution in [2.45, 2.75) is 32.7 Å². The maximum absolute atomic E-state index is 11.9. The number of nitrogens with two attached hydrogens (primary N) is 1. The molecule has 0 aromatic carbocycles. The van der Waals surface area contributed by atoms with Gasteiger partial charge in [-0.15, -0.1) is 11.3 Å². The normalized spacial score (nSPS) is 12.2. The second-order valence-electron chi connectivity index (χ2n) is 4.36. The molecule has 0 spiro atoms. The van der Waals surface area contributed by atoms with Crippen LogP contribution in [0.2, 0.25) is 0 Å². The molecule has 0 aliphatic rings. The standard InChI is InChI=1S/C13H23N3O2S/c1-4-6-15-13(17)12-10(14)7-11(19-12)16-9(5-2)8-18-3/h7,9,16H,4-6,8,14H2,1-3H3,(H,15,17). The fraction of sp³-hybridized carbons (Fsp3) is 0.615. The van der Waals surface area contributed by atoms with Crippen molar-refractivity contribution in [3.05, 3.63) is 10.9 Å². The predicted molar refractivity (Wildman–Crippen MR) is 80.9 cm³/mol. The lowest BCUT2D eigenvalue weighted by molar-refractivity contribution is 0.0958. The van der Waals surface area contributed by atoms with Crippen LogP contribution in [-0.4, -0.2) is 32.2 Å². The van der Waals surface area contributed by atoms with Crippen molar-refractivity contribution in [2.75, 3.05) is 31.3 Å². The van der Waals surface area contributed by atoms with Crippen LogP contribution in [0.15, 0.2) is 6.07 Å². The summed E-state index contributed by atoms with van der Waals surface area (Å²) in [6.07, 6.45) is 1.86. The highest BCUT2D eigenvalue weighted by atomic mass is 32.1. The summed E-state index contributed by atoms with van der Waals surface area (Å²) in [5, 5.41) is 7.08. The van der Waals surface area contributed by atoms with Crippen LogP contribution in [0, 0.1) is 0 Å². The van der Waals surface area contributed by atoms with E-state index in [2.05, 4.69) is 17.6 Å². The highest BCUT2D eigenvalue weighted by Crippen LogP contribution is 2.29. The van der Waals surface area contributed by atoms with Crippen molar-refractivity contribution < 1.29 is 9.53 Å². The van der Waals surface area contributed by atoms with Crippen LogP contribution in [0.4, 0.5) is 10.7 Å². The average molecular weight is 285 g/mol. The molecule has 1 unspecified atom stereocenters. The number of hydrogen-bond donors (Lipinski definition) is 3. The zero-order chi connectivity index (χ0) is 14.3. The van der Waals surface area contributed by atoms with E-state index in [1.165, 1.54) is 11.3 Å². The molecule has 0 aliphatic heterocycles. The van der Waals surface area contributed by atoms with Gasteiger partial charge in [-0.25, -0.2) is 0 Å². The number of carbonyl (C=O) groups excluding carboxylic acids is 1. The van der Waals surface area contributed by atoms with E-state index in [1.54, 1.807) is 7.11 Å². The molecule has 0 saturated carbocycles. The third-order valence-corrected chi connectivity index (χ3v) is 3.79. The largest absolute Gasteiger partial charge is 0.397 e. The first-order chi connectivity index (χ1) is 9.12. The van der Waals surface area contributed by atoms with E-state index in [9.17, 15) is 4.79 Å². The summed E-state index contributed by atoms with van der Waals surface area (Å²) in [7, 11) is 1.68. The third-order valence-electron chi connectivity index (χ3n) is 2.71. The fourth-order valence-electron chi connectivity index (χ4n) is 1.64. The first-order valence-electron chi connectivity index (χ1n) is 6.55. The monoisotopic (exact) mass is 285 g/mol. The Morgan fingerprint density at radius 3 is 2.84 bits per heavy atom. The molecule has 1 aromatic rings. The van der Waals surface area contributed by atoms with Crippen molar-refractivity contribution in [1.29, 1.82) is 0 Å². The molecule has 6 heteroatoms. The van der Waals surface area contributed by atoms with Gasteiger partial charge in [-0.2, -0.15) is 0 Å². The van der Waals surface area contributed by atoms with E-state index in [0.29, 0.717) is 23.7 Å². The molecular weight excluding hydrogens is 262 g/mol. The molecule has 1 aromatic heterocycles. The second-order valence-corrected chi connectivity index (χ2v) is 5.41. The van der Waals surface area contributed by atoms with Crippen LogP contribution in [0.25, 0.3) is 0 Å². The van der Waals surface area contributed by atoms with Gasteiger partial charge in [-0.3, -0.25) is 4.79 Å². The second kappa shape index (κ2) is 8.01. The van der Waals surface area contributed by atoms with Gasteiger partial charge in [0.2, 0.25) is 0 Å². The minimum Gasteiger partial charge on any atom is -0.397 e. The van der Waals surface area contributed by atoms with E-state index in [0.717, 1.165) is 17.8 Å². The van der Waals surface area contributed by atoms with Crippen LogP contribution in [-0.2, 0) is 4.74 Å². The minimum absolute atomic E-state index is 0.0998. The van der Waals surface area contributed by atoms with Gasteiger partial charge in [0.15, 0.2) is 0 Å². The van der Waals surface area contributed by atoms with Crippen molar-refractivity contribution >= 4 is 27.9 Å². The number of anilines is 2. The Labute approximate surface area is 118 Å². The lowest BCUT2D eigenvalue weighted by Crippen LogP contribution is -2.24. The lowest BCUT2D eigenvalue weighted by Gasteiger charge is -2.15. The molecule has 4 N–H and O–H groups in total. The van der Waals surface area contributed by atoms with E-state index in [-0.39, 0.29) is 11.9 Å². The number of ether oxygens (including phenoxy) is 1. The number of hydrogen-bond acceptors (Lipinski definition) is 5. The molecule has 1 rings (SSSR count). The molecule has 19 heavy (non-hydrogen) atoms. The summed E-state index contributed by atoms with van der Waals surface area (Å²) >= 11 is 1.38. The van der Waals surface area contributed by atoms with Gasteiger partial charge in [-0.05, 0) is 18.9 Å². The fourth-order valence-corrected chi connectivity index (χ4v) is 2.61. The summed E-state index contributed by atoms with van der Waals surface area (Å²) in [6, 6.07) is 2.04. The number of thiophene rings is 1. The molecule has 0 fully saturated rings. The van der Waals surface area contributed by atoms with Crippen molar-refractivity contribution in [3.63, 3.8) is 0 Å². The number of amides is 1. The summed E-state index contributed by atoms with van der Waals surface area (Å²) in [5.74, 6) is -0.0998. The maximum atomic E-state index is 11.9. The van der Waals surface area contributed by atoms with Gasteiger partial charge in [0.05, 0.1) is 17.3 Å². The van der Waals surface area contributed by atoms with Gasteiger partial charge < -0.3 is 21.1 Å². The quantitative estimate of drug-likeness (QED) is 0.685. The molecule has 1 amide bonds. The highest BCUT2D eigenvalue weighted by molar-refractivity contribution is 7.18. The van der Waals surface area contributed by atoms with Gasteiger partial charge in [0, 0.05) is 19.7 Å². The Bertz CT molecular complexity index is 407. The van der Waals surface area contributed by atoms with Crippen LogP contribution >= 0.6 is 11.3 Å². The zero-order valence-electron chi connectivity index (χ0n) is 11.8. The van der Waals surface area contributed by atoms with Crippen LogP contribution in [0.3, 0.4) is 0 Å². The topological polar surface area (TPSA) is 76.4 Å². The van der Waals surface area contributed by atoms with Crippen LogP contribution in [0.5, 0.6) is 0 Å². The SMILES string of the molecule is CCCNC(=O)c1sc(NC(CC)COC)cc1N. The molecule has 1 atom stereocenters. The summed E-state index contributed by atoms with van der Waals surface area (Å²) in [5.41, 5.74) is 6.41. The smallest absolute Gasteiger partial charge is 0.263 e. The van der Waals surface area contributed by atoms with Crippen molar-refractivity contribution in [2.24, 2.45) is 0 Å². The molecule has 1 heterocycles. The van der Waals surface area contributed by atoms with Crippen LogP contribution in [0.1, 0.15) is 36.4 Å². The zero-order valence-corrected chi connectivity index (χ0v) is 12.6. The van der Waals surface area contributed by atoms with Gasteiger partial charge in [-0.1, -0.05) is 13.8 Å². The number of carbonyl (C=O) groups is 1. The summed E-state index contributed by atoms with van der Waals surface area (Å²) < 4.78 is 5.14. The highest BCUT2D eigenvalue weighted by Gasteiger charge is 2.15. The molecule has 0 radical (unpaired) electrons. The number of methoxy groups -OCH3 is 1. The van der Waals surface area contributed by atoms with Gasteiger partial charge in [0.1, 0.15) is 4.88 Å². The number of nitrogens with one attached hydrogen (secondary N) is 2. The van der Waals surface area contributed by atoms with E-state index >= 15 is 0 Å². The molecule has 108 valence electrons. The van der Waals surface area contributed by atoms with Crippen molar-refractivity contribution in [3.8, 4) is 0 Å². The minimum atomic E-state index is -0.0998. The van der Waals surface area contributed by atoms with Crippen molar-refractivity contribution in [1.82, 2.24) is 5.32 Å². The Balaban J connectivity index is 2.69. The Kier molecular flexibility index (Phi) is 6.66. The number of rotatable bonds is 8. The van der Waals surface area contributed by atoms with E-state index < -0.39 is 0 Å². The maximum Gasteiger partial charge on any atom is 0.263 e. The average Bonchev–Trinajstić information content (AvgIpc) is 2.76. The first kappa shape index (κ1) is 15.8. The Morgan fingerprint density at radius 1 is 1.53 bits per heavy atom. The molecular formula is C13H23N3O2S. The Morgan fingerprint density at radius 2 is 2.26 bits per heavy atom.